The Morgan fingerprint density at radius 3 is 2.62 bits per heavy atom. The Kier molecular flexibility index (Phi) is 5.94. The summed E-state index contributed by atoms with van der Waals surface area (Å²) in [7, 11) is 0. The van der Waals surface area contributed by atoms with Gasteiger partial charge in [0, 0.05) is 11.8 Å². The van der Waals surface area contributed by atoms with Crippen molar-refractivity contribution >= 4 is 43.5 Å². The van der Waals surface area contributed by atoms with Crippen LogP contribution in [0.3, 0.4) is 0 Å². The van der Waals surface area contributed by atoms with Crippen LogP contribution in [0.2, 0.25) is 0 Å². The van der Waals surface area contributed by atoms with Crippen LogP contribution < -0.4 is 10.3 Å². The zero-order chi connectivity index (χ0) is 23.7. The van der Waals surface area contributed by atoms with E-state index in [1.807, 2.05) is 48.5 Å². The molecule has 0 saturated heterocycles. The minimum Gasteiger partial charge on any atom is -0.287 e. The summed E-state index contributed by atoms with van der Waals surface area (Å²) < 4.78 is 2.80. The summed E-state index contributed by atoms with van der Waals surface area (Å²) in [5.41, 5.74) is 4.86. The van der Waals surface area contributed by atoms with Gasteiger partial charge in [-0.1, -0.05) is 59.9 Å². The monoisotopic (exact) mass is 468 g/mol. The fourth-order valence-electron chi connectivity index (χ4n) is 4.18. The second kappa shape index (κ2) is 9.19. The smallest absolute Gasteiger partial charge is 0.230 e. The quantitative estimate of drug-likeness (QED) is 0.341. The van der Waals surface area contributed by atoms with Crippen molar-refractivity contribution in [1.82, 2.24) is 14.8 Å². The maximum atomic E-state index is 13.5. The third kappa shape index (κ3) is 4.34. The third-order valence-electron chi connectivity index (χ3n) is 5.83. The van der Waals surface area contributed by atoms with E-state index in [0.717, 1.165) is 26.9 Å². The highest BCUT2D eigenvalue weighted by Crippen LogP contribution is 2.33. The van der Waals surface area contributed by atoms with Gasteiger partial charge in [-0.2, -0.15) is 5.10 Å². The number of para-hydroxylation sites is 1. The molecule has 0 aliphatic carbocycles. The van der Waals surface area contributed by atoms with Crippen molar-refractivity contribution < 1.29 is 4.79 Å². The highest BCUT2D eigenvalue weighted by molar-refractivity contribution is 7.22. The molecule has 5 aromatic rings. The van der Waals surface area contributed by atoms with Crippen LogP contribution in [0, 0.1) is 13.8 Å². The van der Waals surface area contributed by atoms with Crippen molar-refractivity contribution in [3.63, 3.8) is 0 Å². The summed E-state index contributed by atoms with van der Waals surface area (Å²) in [5.74, 6) is -0.0399. The zero-order valence-electron chi connectivity index (χ0n) is 19.1. The summed E-state index contributed by atoms with van der Waals surface area (Å²) in [6, 6.07) is 21.5. The standard InChI is InChI=1S/C27H24N4O2S/c1-18-14-19(2)26-24(15-18)34-27(29-26)30(17-20-8-4-3-5-9-20)25(33)12-13-31-22-11-7-6-10-21(22)23(32)16-28-31/h3-11,14-16H,12-13,17H2,1-2H3. The van der Waals surface area contributed by atoms with Gasteiger partial charge in [0.2, 0.25) is 11.3 Å². The van der Waals surface area contributed by atoms with Crippen LogP contribution in [-0.4, -0.2) is 20.7 Å². The lowest BCUT2D eigenvalue weighted by Crippen LogP contribution is -2.31. The molecule has 0 radical (unpaired) electrons. The molecule has 6 nitrogen and oxygen atoms in total. The zero-order valence-corrected chi connectivity index (χ0v) is 19.9. The molecule has 0 fully saturated rings. The molecule has 0 aliphatic heterocycles. The number of rotatable bonds is 6. The van der Waals surface area contributed by atoms with E-state index < -0.39 is 0 Å². The van der Waals surface area contributed by atoms with Crippen LogP contribution in [-0.2, 0) is 17.9 Å². The summed E-state index contributed by atoms with van der Waals surface area (Å²) >= 11 is 1.54. The molecule has 2 aromatic heterocycles. The van der Waals surface area contributed by atoms with Crippen molar-refractivity contribution in [3.05, 3.63) is 99.8 Å². The SMILES string of the molecule is Cc1cc(C)c2nc(N(Cc3ccccc3)C(=O)CCn3ncc(=O)c4ccccc43)sc2c1. The van der Waals surface area contributed by atoms with Crippen molar-refractivity contribution in [2.24, 2.45) is 0 Å². The van der Waals surface area contributed by atoms with E-state index in [2.05, 4.69) is 31.1 Å². The molecule has 0 unspecified atom stereocenters. The molecule has 0 aliphatic rings. The van der Waals surface area contributed by atoms with E-state index in [-0.39, 0.29) is 17.8 Å². The number of amides is 1. The maximum Gasteiger partial charge on any atom is 0.230 e. The van der Waals surface area contributed by atoms with Crippen molar-refractivity contribution in [2.45, 2.75) is 33.4 Å². The van der Waals surface area contributed by atoms with Gasteiger partial charge in [-0.3, -0.25) is 19.2 Å². The van der Waals surface area contributed by atoms with Gasteiger partial charge < -0.3 is 0 Å². The molecular weight excluding hydrogens is 444 g/mol. The van der Waals surface area contributed by atoms with E-state index in [1.54, 1.807) is 15.6 Å². The molecule has 0 atom stereocenters. The number of hydrogen-bond acceptors (Lipinski definition) is 5. The molecular formula is C27H24N4O2S. The molecule has 2 heterocycles. The van der Waals surface area contributed by atoms with Crippen LogP contribution >= 0.6 is 11.3 Å². The van der Waals surface area contributed by atoms with Gasteiger partial charge in [-0.25, -0.2) is 4.98 Å². The van der Waals surface area contributed by atoms with Crippen LogP contribution in [0.25, 0.3) is 21.1 Å². The summed E-state index contributed by atoms with van der Waals surface area (Å²) in [6.07, 6.45) is 1.55. The van der Waals surface area contributed by atoms with Crippen LogP contribution in [0.15, 0.2) is 77.7 Å². The Bertz CT molecular complexity index is 1560. The van der Waals surface area contributed by atoms with Gasteiger partial charge >= 0.3 is 0 Å². The Labute approximate surface area is 201 Å². The summed E-state index contributed by atoms with van der Waals surface area (Å²) in [5, 5.41) is 5.56. The molecule has 5 rings (SSSR count). The molecule has 0 bridgehead atoms. The Morgan fingerprint density at radius 2 is 1.79 bits per heavy atom. The van der Waals surface area contributed by atoms with Crippen LogP contribution in [0.4, 0.5) is 5.13 Å². The normalized spacial score (nSPS) is 11.2. The maximum absolute atomic E-state index is 13.5. The van der Waals surface area contributed by atoms with E-state index in [9.17, 15) is 9.59 Å². The Morgan fingerprint density at radius 1 is 1.03 bits per heavy atom. The number of benzene rings is 3. The number of nitrogens with zero attached hydrogens (tertiary/aromatic N) is 4. The highest BCUT2D eigenvalue weighted by atomic mass is 32.1. The lowest BCUT2D eigenvalue weighted by Gasteiger charge is -2.20. The first-order chi connectivity index (χ1) is 16.5. The van der Waals surface area contributed by atoms with Gasteiger partial charge in [0.05, 0.1) is 35.0 Å². The molecule has 0 saturated carbocycles. The topological polar surface area (TPSA) is 68.1 Å². The molecule has 0 spiro atoms. The number of anilines is 1. The highest BCUT2D eigenvalue weighted by Gasteiger charge is 2.21. The first-order valence-corrected chi connectivity index (χ1v) is 12.0. The number of carbonyl (C=O) groups excluding carboxylic acids is 1. The largest absolute Gasteiger partial charge is 0.287 e. The van der Waals surface area contributed by atoms with Crippen LogP contribution in [0.1, 0.15) is 23.1 Å². The first kappa shape index (κ1) is 22.0. The first-order valence-electron chi connectivity index (χ1n) is 11.2. The van der Waals surface area contributed by atoms with Crippen molar-refractivity contribution in [1.29, 1.82) is 0 Å². The second-order valence-electron chi connectivity index (χ2n) is 8.39. The lowest BCUT2D eigenvalue weighted by atomic mass is 10.1. The van der Waals surface area contributed by atoms with Gasteiger partial charge in [0.15, 0.2) is 5.13 Å². The molecule has 34 heavy (non-hydrogen) atoms. The summed E-state index contributed by atoms with van der Waals surface area (Å²) in [4.78, 5) is 32.3. The predicted octanol–water partition coefficient (Wildman–Crippen LogP) is 5.25. The molecule has 0 N–H and O–H groups in total. The fraction of sp³-hybridized carbons (Fsp3) is 0.185. The van der Waals surface area contributed by atoms with Gasteiger partial charge in [0.1, 0.15) is 0 Å². The average Bonchev–Trinajstić information content (AvgIpc) is 3.27. The van der Waals surface area contributed by atoms with Gasteiger partial charge in [-0.15, -0.1) is 0 Å². The molecule has 3 aromatic carbocycles. The lowest BCUT2D eigenvalue weighted by molar-refractivity contribution is -0.119. The van der Waals surface area contributed by atoms with Crippen LogP contribution in [0.5, 0.6) is 0 Å². The number of aromatic nitrogens is 3. The Hall–Kier alpha value is -3.84. The van der Waals surface area contributed by atoms with Gasteiger partial charge in [0.25, 0.3) is 0 Å². The number of hydrogen-bond donors (Lipinski definition) is 0. The summed E-state index contributed by atoms with van der Waals surface area (Å²) in [6.45, 7) is 4.93. The number of thiazole rings is 1. The molecule has 170 valence electrons. The fourth-order valence-corrected chi connectivity index (χ4v) is 5.34. The number of carbonyl (C=O) groups is 1. The van der Waals surface area contributed by atoms with E-state index in [0.29, 0.717) is 23.6 Å². The molecule has 7 heteroatoms. The third-order valence-corrected chi connectivity index (χ3v) is 6.86. The Balaban J connectivity index is 1.47. The number of aryl methyl sites for hydroxylation is 3. The average molecular weight is 469 g/mol. The second-order valence-corrected chi connectivity index (χ2v) is 9.40. The van der Waals surface area contributed by atoms with Crippen molar-refractivity contribution in [2.75, 3.05) is 4.90 Å². The van der Waals surface area contributed by atoms with Crippen molar-refractivity contribution in [3.8, 4) is 0 Å². The van der Waals surface area contributed by atoms with E-state index in [4.69, 9.17) is 4.98 Å². The predicted molar refractivity (Wildman–Crippen MR) is 137 cm³/mol. The number of fused-ring (bicyclic) bond motifs is 2. The minimum atomic E-state index is -0.121. The van der Waals surface area contributed by atoms with Gasteiger partial charge in [-0.05, 0) is 48.7 Å². The van der Waals surface area contributed by atoms with E-state index in [1.165, 1.54) is 23.1 Å². The minimum absolute atomic E-state index is 0.0399. The van der Waals surface area contributed by atoms with E-state index >= 15 is 0 Å². The molecule has 1 amide bonds.